The Bertz CT molecular complexity index is 1160. The molecule has 9 nitrogen and oxygen atoms in total. The molecule has 188 valence electrons. The Morgan fingerprint density at radius 1 is 1.00 bits per heavy atom. The van der Waals surface area contributed by atoms with Crippen LogP contribution in [-0.4, -0.2) is 72.7 Å². The fourth-order valence-electron chi connectivity index (χ4n) is 5.37. The fraction of sp³-hybridized carbons (Fsp3) is 0.538. The Labute approximate surface area is 204 Å². The third-order valence-corrected chi connectivity index (χ3v) is 6.75. The minimum absolute atomic E-state index is 0.143. The number of esters is 2. The van der Waals surface area contributed by atoms with Gasteiger partial charge in [-0.05, 0) is 45.4 Å². The van der Waals surface area contributed by atoms with E-state index in [0.717, 1.165) is 13.0 Å². The van der Waals surface area contributed by atoms with Crippen LogP contribution in [0.4, 0.5) is 4.79 Å². The molecule has 3 heterocycles. The number of hydrogen-bond donors (Lipinski definition) is 0. The van der Waals surface area contributed by atoms with E-state index in [9.17, 15) is 19.2 Å². The van der Waals surface area contributed by atoms with Crippen molar-refractivity contribution < 1.29 is 33.4 Å². The molecule has 3 atom stereocenters. The molecule has 2 saturated heterocycles. The molecule has 0 N–H and O–H groups in total. The van der Waals surface area contributed by atoms with Crippen molar-refractivity contribution in [3.05, 3.63) is 35.5 Å². The van der Waals surface area contributed by atoms with Crippen LogP contribution in [0.25, 0.3) is 10.9 Å². The predicted octanol–water partition coefficient (Wildman–Crippen LogP) is 3.23. The Balaban J connectivity index is 2.04. The number of methoxy groups -OCH3 is 2. The van der Waals surface area contributed by atoms with E-state index >= 15 is 0 Å². The Kier molecular flexibility index (Phi) is 6.73. The number of benzene rings is 1. The molecule has 0 radical (unpaired) electrons. The number of hydrogen-bond acceptors (Lipinski definition) is 8. The van der Waals surface area contributed by atoms with Crippen LogP contribution in [-0.2, 0) is 28.6 Å². The van der Waals surface area contributed by atoms with Crippen LogP contribution in [0.2, 0.25) is 0 Å². The summed E-state index contributed by atoms with van der Waals surface area (Å²) >= 11 is 0. The molecule has 2 bridgehead atoms. The molecule has 35 heavy (non-hydrogen) atoms. The van der Waals surface area contributed by atoms with E-state index in [4.69, 9.17) is 14.2 Å². The molecule has 0 amide bonds. The third-order valence-electron chi connectivity index (χ3n) is 6.75. The number of aromatic nitrogens is 1. The SMILES string of the molecule is COC(=O)C(C(=O)OC)c1c(C2CN3CCCC(=O)C2C3)c2ccccc2n1C(=O)OC(C)(C)C. The van der Waals surface area contributed by atoms with Gasteiger partial charge in [0.2, 0.25) is 0 Å². The van der Waals surface area contributed by atoms with Gasteiger partial charge in [0.1, 0.15) is 11.4 Å². The Morgan fingerprint density at radius 2 is 1.63 bits per heavy atom. The van der Waals surface area contributed by atoms with E-state index < -0.39 is 29.6 Å². The largest absolute Gasteiger partial charge is 0.468 e. The second-order valence-electron chi connectivity index (χ2n) is 10.2. The van der Waals surface area contributed by atoms with Gasteiger partial charge in [-0.2, -0.15) is 0 Å². The maximum absolute atomic E-state index is 13.6. The summed E-state index contributed by atoms with van der Waals surface area (Å²) in [5.74, 6) is -3.67. The number of fused-ring (bicyclic) bond motifs is 3. The van der Waals surface area contributed by atoms with E-state index in [1.807, 2.05) is 12.1 Å². The molecule has 1 aromatic carbocycles. The number of carbonyl (C=O) groups is 4. The van der Waals surface area contributed by atoms with Gasteiger partial charge in [0.15, 0.2) is 5.92 Å². The number of nitrogens with zero attached hydrogens (tertiary/aromatic N) is 2. The average Bonchev–Trinajstić information content (AvgIpc) is 3.30. The van der Waals surface area contributed by atoms with Crippen molar-refractivity contribution >= 4 is 34.7 Å². The highest BCUT2D eigenvalue weighted by Gasteiger charge is 2.46. The van der Waals surface area contributed by atoms with Gasteiger partial charge >= 0.3 is 18.0 Å². The summed E-state index contributed by atoms with van der Waals surface area (Å²) in [6.45, 7) is 7.22. The van der Waals surface area contributed by atoms with Crippen LogP contribution in [0, 0.1) is 5.92 Å². The minimum Gasteiger partial charge on any atom is -0.468 e. The predicted molar refractivity (Wildman–Crippen MR) is 127 cm³/mol. The van der Waals surface area contributed by atoms with Crippen LogP contribution in [0.5, 0.6) is 0 Å². The summed E-state index contributed by atoms with van der Waals surface area (Å²) in [6, 6.07) is 7.19. The van der Waals surface area contributed by atoms with Crippen molar-refractivity contribution in [3.8, 4) is 0 Å². The van der Waals surface area contributed by atoms with Crippen LogP contribution in [0.3, 0.4) is 0 Å². The van der Waals surface area contributed by atoms with Gasteiger partial charge in [0.05, 0.1) is 25.4 Å². The van der Waals surface area contributed by atoms with E-state index in [1.54, 1.807) is 32.9 Å². The lowest BCUT2D eigenvalue weighted by Gasteiger charge is -2.25. The van der Waals surface area contributed by atoms with Crippen molar-refractivity contribution in [1.29, 1.82) is 0 Å². The minimum atomic E-state index is -1.52. The lowest BCUT2D eigenvalue weighted by Crippen LogP contribution is -2.33. The van der Waals surface area contributed by atoms with Crippen LogP contribution in [0.1, 0.15) is 56.7 Å². The zero-order chi connectivity index (χ0) is 25.5. The van der Waals surface area contributed by atoms with Gasteiger partial charge < -0.3 is 19.1 Å². The van der Waals surface area contributed by atoms with Gasteiger partial charge in [-0.25, -0.2) is 9.36 Å². The van der Waals surface area contributed by atoms with Crippen molar-refractivity contribution in [2.75, 3.05) is 33.9 Å². The topological polar surface area (TPSA) is 104 Å². The lowest BCUT2D eigenvalue weighted by molar-refractivity contribution is -0.154. The highest BCUT2D eigenvalue weighted by Crippen LogP contribution is 2.45. The number of para-hydroxylation sites is 1. The molecule has 0 aliphatic carbocycles. The van der Waals surface area contributed by atoms with Gasteiger partial charge in [-0.3, -0.25) is 14.4 Å². The van der Waals surface area contributed by atoms with Crippen LogP contribution in [0.15, 0.2) is 24.3 Å². The van der Waals surface area contributed by atoms with E-state index in [-0.39, 0.29) is 23.3 Å². The summed E-state index contributed by atoms with van der Waals surface area (Å²) in [4.78, 5) is 54.9. The summed E-state index contributed by atoms with van der Waals surface area (Å²) in [6.07, 6.45) is 0.564. The van der Waals surface area contributed by atoms with Gasteiger partial charge in [0.25, 0.3) is 0 Å². The highest BCUT2D eigenvalue weighted by molar-refractivity contribution is 6.05. The quantitative estimate of drug-likeness (QED) is 0.370. The maximum atomic E-state index is 13.6. The molecule has 9 heteroatoms. The van der Waals surface area contributed by atoms with Crippen molar-refractivity contribution in [3.63, 3.8) is 0 Å². The normalized spacial score (nSPS) is 22.2. The number of Topliss-reactive ketones (excluding diaryl/α,β-unsaturated/α-hetero) is 1. The molecule has 3 unspecified atom stereocenters. The monoisotopic (exact) mass is 484 g/mol. The number of rotatable bonds is 4. The van der Waals surface area contributed by atoms with Gasteiger partial charge in [-0.15, -0.1) is 0 Å². The molecule has 0 spiro atoms. The van der Waals surface area contributed by atoms with Gasteiger partial charge in [-0.1, -0.05) is 18.2 Å². The Morgan fingerprint density at radius 3 is 2.26 bits per heavy atom. The molecule has 0 saturated carbocycles. The smallest absolute Gasteiger partial charge is 0.419 e. The summed E-state index contributed by atoms with van der Waals surface area (Å²) in [5.41, 5.74) is 0.431. The lowest BCUT2D eigenvalue weighted by atomic mass is 9.81. The first kappa shape index (κ1) is 24.9. The van der Waals surface area contributed by atoms with Crippen molar-refractivity contribution in [2.24, 2.45) is 5.92 Å². The molecule has 2 aromatic rings. The second kappa shape index (κ2) is 9.45. The highest BCUT2D eigenvalue weighted by atomic mass is 16.6. The average molecular weight is 485 g/mol. The second-order valence-corrected chi connectivity index (χ2v) is 10.2. The first-order chi connectivity index (χ1) is 16.6. The molecule has 2 aliphatic heterocycles. The van der Waals surface area contributed by atoms with Crippen LogP contribution < -0.4 is 0 Å². The standard InChI is InChI=1S/C26H32N2O7/c1-26(2,3)35-25(32)28-18-10-7-6-9-15(18)20(22(28)21(23(30)33-4)24(31)34-5)17-14-27-12-8-11-19(29)16(17)13-27/h6-7,9-10,16-17,21H,8,11-14H2,1-5H3. The summed E-state index contributed by atoms with van der Waals surface area (Å²) in [7, 11) is 2.36. The number of carbonyl (C=O) groups excluding carboxylic acids is 4. The van der Waals surface area contributed by atoms with Crippen molar-refractivity contribution in [1.82, 2.24) is 9.47 Å². The molecular formula is C26H32N2O7. The maximum Gasteiger partial charge on any atom is 0.419 e. The molecule has 1 aromatic heterocycles. The van der Waals surface area contributed by atoms with Crippen molar-refractivity contribution in [2.45, 2.75) is 51.0 Å². The summed E-state index contributed by atoms with van der Waals surface area (Å²) in [5, 5.41) is 0.691. The third kappa shape index (κ3) is 4.57. The number of ketones is 1. The van der Waals surface area contributed by atoms with E-state index in [2.05, 4.69) is 4.90 Å². The zero-order valence-corrected chi connectivity index (χ0v) is 20.8. The summed E-state index contributed by atoms with van der Waals surface area (Å²) < 4.78 is 16.9. The fourth-order valence-corrected chi connectivity index (χ4v) is 5.37. The molecule has 4 rings (SSSR count). The molecule has 2 fully saturated rings. The Hall–Kier alpha value is -3.20. The first-order valence-electron chi connectivity index (χ1n) is 11.8. The zero-order valence-electron chi connectivity index (χ0n) is 20.8. The first-order valence-corrected chi connectivity index (χ1v) is 11.8. The van der Waals surface area contributed by atoms with Gasteiger partial charge in [0, 0.05) is 36.7 Å². The molecular weight excluding hydrogens is 452 g/mol. The van der Waals surface area contributed by atoms with Crippen LogP contribution >= 0.6 is 0 Å². The van der Waals surface area contributed by atoms with E-state index in [1.165, 1.54) is 18.8 Å². The van der Waals surface area contributed by atoms with E-state index in [0.29, 0.717) is 36.0 Å². The molecule has 2 aliphatic rings. The number of ether oxygens (including phenoxy) is 3.